The monoisotopic (exact) mass is 326 g/mol. The van der Waals surface area contributed by atoms with E-state index < -0.39 is 0 Å². The third-order valence-electron chi connectivity index (χ3n) is 3.45. The predicted molar refractivity (Wildman–Crippen MR) is 103 cm³/mol. The molecule has 0 aromatic heterocycles. The molecular formula is C20H23PS. The molecule has 0 fully saturated rings. The molecule has 0 N–H and O–H groups in total. The lowest BCUT2D eigenvalue weighted by Crippen LogP contribution is -1.96. The molecule has 0 saturated heterocycles. The number of rotatable bonds is 7. The number of hydrogen-bond acceptors (Lipinski definition) is 1. The SMILES string of the molecule is CCSC#CP(CCc1ccccc1)CCc1ccccc1. The van der Waals surface area contributed by atoms with E-state index >= 15 is 0 Å². The van der Waals surface area contributed by atoms with Gasteiger partial charge in [-0.05, 0) is 49.5 Å². The molecule has 0 heterocycles. The van der Waals surface area contributed by atoms with Crippen LogP contribution in [0, 0.1) is 10.9 Å². The van der Waals surface area contributed by atoms with Crippen LogP contribution < -0.4 is 0 Å². The van der Waals surface area contributed by atoms with E-state index in [1.165, 1.54) is 23.5 Å². The highest BCUT2D eigenvalue weighted by atomic mass is 32.2. The molecule has 0 unspecified atom stereocenters. The highest BCUT2D eigenvalue weighted by molar-refractivity contribution is 8.04. The molecule has 2 aromatic carbocycles. The smallest absolute Gasteiger partial charge is 0.00283 e. The largest absolute Gasteiger partial charge is 0.0750 e. The van der Waals surface area contributed by atoms with Crippen molar-refractivity contribution in [1.82, 2.24) is 0 Å². The second kappa shape index (κ2) is 10.5. The van der Waals surface area contributed by atoms with Crippen LogP contribution in [0.5, 0.6) is 0 Å². The summed E-state index contributed by atoms with van der Waals surface area (Å²) in [6, 6.07) is 21.6. The van der Waals surface area contributed by atoms with Gasteiger partial charge in [-0.15, -0.1) is 0 Å². The van der Waals surface area contributed by atoms with Gasteiger partial charge in [0.2, 0.25) is 0 Å². The summed E-state index contributed by atoms with van der Waals surface area (Å²) in [5.74, 6) is 1.08. The van der Waals surface area contributed by atoms with Crippen molar-refractivity contribution >= 4 is 19.7 Å². The van der Waals surface area contributed by atoms with E-state index in [0.29, 0.717) is 0 Å². The number of hydrogen-bond donors (Lipinski definition) is 0. The summed E-state index contributed by atoms with van der Waals surface area (Å²) in [6.45, 7) is 2.16. The summed E-state index contributed by atoms with van der Waals surface area (Å²) in [6.07, 6.45) is 4.71. The number of benzene rings is 2. The van der Waals surface area contributed by atoms with E-state index in [-0.39, 0.29) is 7.92 Å². The first kappa shape index (κ1) is 17.1. The zero-order valence-corrected chi connectivity index (χ0v) is 14.9. The van der Waals surface area contributed by atoms with Crippen LogP contribution in [0.15, 0.2) is 60.7 Å². The van der Waals surface area contributed by atoms with Gasteiger partial charge < -0.3 is 0 Å². The molecular weight excluding hydrogens is 303 g/mol. The van der Waals surface area contributed by atoms with Crippen molar-refractivity contribution in [1.29, 1.82) is 0 Å². The molecule has 0 spiro atoms. The fourth-order valence-corrected chi connectivity index (χ4v) is 4.63. The van der Waals surface area contributed by atoms with Gasteiger partial charge in [0.05, 0.1) is 0 Å². The van der Waals surface area contributed by atoms with Crippen LogP contribution in [0.4, 0.5) is 0 Å². The molecule has 0 aliphatic rings. The van der Waals surface area contributed by atoms with Crippen LogP contribution in [-0.2, 0) is 12.8 Å². The lowest BCUT2D eigenvalue weighted by molar-refractivity contribution is 1.11. The van der Waals surface area contributed by atoms with Gasteiger partial charge in [-0.1, -0.05) is 85.0 Å². The summed E-state index contributed by atoms with van der Waals surface area (Å²) in [7, 11) is -0.202. The molecule has 2 aromatic rings. The maximum Gasteiger partial charge on any atom is 0.00283 e. The van der Waals surface area contributed by atoms with Crippen LogP contribution in [0.25, 0.3) is 0 Å². The first-order valence-electron chi connectivity index (χ1n) is 7.83. The average Bonchev–Trinajstić information content (AvgIpc) is 2.59. The molecule has 0 amide bonds. The van der Waals surface area contributed by atoms with E-state index in [1.807, 2.05) is 0 Å². The summed E-state index contributed by atoms with van der Waals surface area (Å²) < 4.78 is 0. The minimum atomic E-state index is -0.202. The second-order valence-electron chi connectivity index (χ2n) is 5.11. The molecule has 0 nitrogen and oxygen atoms in total. The summed E-state index contributed by atoms with van der Waals surface area (Å²) >= 11 is 1.73. The van der Waals surface area contributed by atoms with E-state index in [2.05, 4.69) is 78.5 Å². The highest BCUT2D eigenvalue weighted by Crippen LogP contribution is 2.35. The molecule has 2 rings (SSSR count). The van der Waals surface area contributed by atoms with Gasteiger partial charge in [-0.25, -0.2) is 0 Å². The van der Waals surface area contributed by atoms with Crippen LogP contribution in [0.2, 0.25) is 0 Å². The van der Waals surface area contributed by atoms with E-state index in [4.69, 9.17) is 0 Å². The summed E-state index contributed by atoms with van der Waals surface area (Å²) in [4.78, 5) is 0. The van der Waals surface area contributed by atoms with E-state index in [9.17, 15) is 0 Å². The summed E-state index contributed by atoms with van der Waals surface area (Å²) in [5.41, 5.74) is 6.40. The fourth-order valence-electron chi connectivity index (χ4n) is 2.21. The lowest BCUT2D eigenvalue weighted by Gasteiger charge is -2.11. The van der Waals surface area contributed by atoms with Crippen LogP contribution in [0.1, 0.15) is 18.1 Å². The molecule has 0 atom stereocenters. The third-order valence-corrected chi connectivity index (χ3v) is 6.09. The van der Waals surface area contributed by atoms with Gasteiger partial charge in [-0.3, -0.25) is 0 Å². The molecule has 22 heavy (non-hydrogen) atoms. The van der Waals surface area contributed by atoms with Crippen LogP contribution >= 0.6 is 19.7 Å². The van der Waals surface area contributed by atoms with Gasteiger partial charge >= 0.3 is 0 Å². The Balaban J connectivity index is 1.89. The Morgan fingerprint density at radius 3 is 1.77 bits per heavy atom. The normalized spacial score (nSPS) is 10.3. The first-order chi connectivity index (χ1) is 10.9. The van der Waals surface area contributed by atoms with Gasteiger partial charge in [0.1, 0.15) is 0 Å². The molecule has 2 heteroatoms. The molecule has 0 aliphatic carbocycles. The van der Waals surface area contributed by atoms with Crippen molar-refractivity contribution in [3.8, 4) is 10.9 Å². The number of aryl methyl sites for hydroxylation is 2. The minimum Gasteiger partial charge on any atom is -0.0750 e. The third kappa shape index (κ3) is 6.69. The molecule has 0 aliphatic heterocycles. The van der Waals surface area contributed by atoms with Crippen molar-refractivity contribution in [3.63, 3.8) is 0 Å². The Bertz CT molecular complexity index is 540. The second-order valence-corrected chi connectivity index (χ2v) is 8.37. The standard InChI is InChI=1S/C20H23PS/c1-2-22-18-17-21(15-13-19-9-5-3-6-10-19)16-14-20-11-7-4-8-12-20/h3-12H,2,13-16H2,1H3. The molecule has 114 valence electrons. The quantitative estimate of drug-likeness (QED) is 0.470. The zero-order valence-electron chi connectivity index (χ0n) is 13.2. The van der Waals surface area contributed by atoms with E-state index in [1.54, 1.807) is 11.8 Å². The highest BCUT2D eigenvalue weighted by Gasteiger charge is 2.06. The van der Waals surface area contributed by atoms with Crippen molar-refractivity contribution in [2.45, 2.75) is 19.8 Å². The Hall–Kier alpha value is -1.22. The maximum atomic E-state index is 3.54. The van der Waals surface area contributed by atoms with Crippen molar-refractivity contribution in [2.24, 2.45) is 0 Å². The van der Waals surface area contributed by atoms with Crippen LogP contribution in [-0.4, -0.2) is 18.1 Å². The van der Waals surface area contributed by atoms with Gasteiger partial charge in [0, 0.05) is 5.75 Å². The topological polar surface area (TPSA) is 0 Å². The Labute approximate surface area is 140 Å². The van der Waals surface area contributed by atoms with Gasteiger partial charge in [0.15, 0.2) is 0 Å². The minimum absolute atomic E-state index is 0.202. The molecule has 0 radical (unpaired) electrons. The Morgan fingerprint density at radius 1 is 0.818 bits per heavy atom. The Kier molecular flexibility index (Phi) is 8.18. The lowest BCUT2D eigenvalue weighted by atomic mass is 10.2. The Morgan fingerprint density at radius 2 is 1.32 bits per heavy atom. The van der Waals surface area contributed by atoms with Gasteiger partial charge in [-0.2, -0.15) is 0 Å². The van der Waals surface area contributed by atoms with Crippen molar-refractivity contribution < 1.29 is 0 Å². The van der Waals surface area contributed by atoms with Crippen LogP contribution in [0.3, 0.4) is 0 Å². The van der Waals surface area contributed by atoms with Crippen molar-refractivity contribution in [3.05, 3.63) is 71.8 Å². The maximum absolute atomic E-state index is 3.54. The first-order valence-corrected chi connectivity index (χ1v) is 10.5. The predicted octanol–water partition coefficient (Wildman–Crippen LogP) is 5.63. The molecule has 0 saturated carbocycles. The fraction of sp³-hybridized carbons (Fsp3) is 0.300. The number of thioether (sulfide) groups is 1. The summed E-state index contributed by atoms with van der Waals surface area (Å²) in [5, 5.41) is 3.30. The van der Waals surface area contributed by atoms with Crippen molar-refractivity contribution in [2.75, 3.05) is 18.1 Å². The zero-order chi connectivity index (χ0) is 15.5. The molecule has 0 bridgehead atoms. The van der Waals surface area contributed by atoms with E-state index in [0.717, 1.165) is 18.6 Å². The average molecular weight is 326 g/mol. The van der Waals surface area contributed by atoms with Gasteiger partial charge in [0.25, 0.3) is 0 Å².